The Morgan fingerprint density at radius 2 is 2.08 bits per heavy atom. The Kier molecular flexibility index (Phi) is 2.51. The van der Waals surface area contributed by atoms with Gasteiger partial charge in [0, 0.05) is 6.20 Å². The normalized spacial score (nSPS) is 11.3. The molecule has 1 rings (SSSR count). The Bertz CT molecular complexity index is 416. The van der Waals surface area contributed by atoms with Gasteiger partial charge in [-0.25, -0.2) is 0 Å². The van der Waals surface area contributed by atoms with Crippen molar-refractivity contribution in [1.29, 1.82) is 0 Å². The van der Waals surface area contributed by atoms with Crippen molar-refractivity contribution in [3.63, 3.8) is 0 Å². The van der Waals surface area contributed by atoms with Gasteiger partial charge < -0.3 is 4.18 Å². The third kappa shape index (κ3) is 2.98. The van der Waals surface area contributed by atoms with E-state index in [2.05, 4.69) is 9.17 Å². The Labute approximate surface area is 75.8 Å². The summed E-state index contributed by atoms with van der Waals surface area (Å²) in [6.07, 6.45) is 1.53. The van der Waals surface area contributed by atoms with Crippen LogP contribution < -0.4 is 4.18 Å². The lowest BCUT2D eigenvalue weighted by Gasteiger charge is -2.03. The molecule has 0 aliphatic rings. The number of aromatic nitrogens is 1. The fraction of sp³-hybridized carbons (Fsp3) is 0.286. The molecule has 0 amide bonds. The van der Waals surface area contributed by atoms with Gasteiger partial charge in [-0.1, -0.05) is 3.89 Å². The zero-order valence-corrected chi connectivity index (χ0v) is 7.93. The summed E-state index contributed by atoms with van der Waals surface area (Å²) in [4.78, 5) is 3.81. The first-order valence-electron chi connectivity index (χ1n) is 3.46. The number of rotatable bonds is 2. The highest BCUT2D eigenvalue weighted by molar-refractivity contribution is 7.81. The van der Waals surface area contributed by atoms with Gasteiger partial charge in [-0.05, 0) is 25.5 Å². The summed E-state index contributed by atoms with van der Waals surface area (Å²) >= 11 is 0. The molecule has 0 saturated carbocycles. The highest BCUT2D eigenvalue weighted by Gasteiger charge is 2.12. The summed E-state index contributed by atoms with van der Waals surface area (Å²) in [5.41, 5.74) is 1.02. The average Bonchev–Trinajstić information content (AvgIpc) is 1.94. The van der Waals surface area contributed by atoms with Crippen LogP contribution in [-0.2, 0) is 10.5 Å². The maximum absolute atomic E-state index is 12.1. The Balaban J connectivity index is 3.08. The molecule has 6 heteroatoms. The van der Waals surface area contributed by atoms with Crippen LogP contribution in [0.15, 0.2) is 12.3 Å². The van der Waals surface area contributed by atoms with Crippen molar-refractivity contribution in [2.24, 2.45) is 0 Å². The summed E-state index contributed by atoms with van der Waals surface area (Å²) < 4.78 is 36.5. The molecular formula is C7H8FNO3S. The zero-order valence-electron chi connectivity index (χ0n) is 7.11. The minimum absolute atomic E-state index is 0.0810. The Morgan fingerprint density at radius 3 is 2.62 bits per heavy atom. The number of hydrogen-bond donors (Lipinski definition) is 0. The highest BCUT2D eigenvalue weighted by Crippen LogP contribution is 2.18. The van der Waals surface area contributed by atoms with Crippen LogP contribution in [0.5, 0.6) is 5.75 Å². The van der Waals surface area contributed by atoms with Crippen molar-refractivity contribution in [2.45, 2.75) is 13.8 Å². The van der Waals surface area contributed by atoms with Crippen molar-refractivity contribution in [3.05, 3.63) is 23.5 Å². The first kappa shape index (κ1) is 9.91. The monoisotopic (exact) mass is 205 g/mol. The zero-order chi connectivity index (χ0) is 10.1. The smallest absolute Gasteiger partial charge is 0.356 e. The van der Waals surface area contributed by atoms with Gasteiger partial charge in [0.15, 0.2) is 5.75 Å². The lowest BCUT2D eigenvalue weighted by Crippen LogP contribution is -2.03. The molecule has 1 aromatic heterocycles. The molecule has 72 valence electrons. The van der Waals surface area contributed by atoms with E-state index in [1.165, 1.54) is 19.2 Å². The van der Waals surface area contributed by atoms with Crippen LogP contribution in [0.1, 0.15) is 11.3 Å². The first-order valence-corrected chi connectivity index (χ1v) is 4.76. The summed E-state index contributed by atoms with van der Waals surface area (Å²) in [7, 11) is -4.96. The minimum Gasteiger partial charge on any atom is -0.356 e. The predicted octanol–water partition coefficient (Wildman–Crippen LogP) is 1.29. The molecule has 4 nitrogen and oxygen atoms in total. The molecule has 0 radical (unpaired) electrons. The third-order valence-electron chi connectivity index (χ3n) is 1.37. The number of halogens is 1. The van der Waals surface area contributed by atoms with E-state index in [0.29, 0.717) is 11.3 Å². The third-order valence-corrected chi connectivity index (χ3v) is 1.75. The van der Waals surface area contributed by atoms with E-state index in [-0.39, 0.29) is 5.75 Å². The van der Waals surface area contributed by atoms with Crippen LogP contribution in [0, 0.1) is 13.8 Å². The number of aryl methyl sites for hydroxylation is 2. The molecular weight excluding hydrogens is 197 g/mol. The van der Waals surface area contributed by atoms with E-state index >= 15 is 0 Å². The van der Waals surface area contributed by atoms with Crippen LogP contribution in [0.25, 0.3) is 0 Å². The highest BCUT2D eigenvalue weighted by atomic mass is 32.3. The van der Waals surface area contributed by atoms with Gasteiger partial charge in [-0.2, -0.15) is 8.42 Å². The van der Waals surface area contributed by atoms with Crippen LogP contribution in [0.3, 0.4) is 0 Å². The summed E-state index contributed by atoms with van der Waals surface area (Å²) in [5, 5.41) is 0. The SMILES string of the molecule is Cc1cnc(C)c(OS(=O)(=O)F)c1. The van der Waals surface area contributed by atoms with Crippen molar-refractivity contribution >= 4 is 10.5 Å². The topological polar surface area (TPSA) is 56.3 Å². The van der Waals surface area contributed by atoms with E-state index in [1.807, 2.05) is 0 Å². The second kappa shape index (κ2) is 3.29. The average molecular weight is 205 g/mol. The van der Waals surface area contributed by atoms with Gasteiger partial charge in [-0.15, -0.1) is 0 Å². The molecule has 1 heterocycles. The number of hydrogen-bond acceptors (Lipinski definition) is 4. The molecule has 0 aliphatic heterocycles. The molecule has 0 N–H and O–H groups in total. The maximum atomic E-state index is 12.1. The fourth-order valence-corrected chi connectivity index (χ4v) is 1.19. The molecule has 0 saturated heterocycles. The van der Waals surface area contributed by atoms with E-state index in [9.17, 15) is 12.3 Å². The number of nitrogens with zero attached hydrogens (tertiary/aromatic N) is 1. The predicted molar refractivity (Wildman–Crippen MR) is 44.4 cm³/mol. The molecule has 0 aliphatic carbocycles. The van der Waals surface area contributed by atoms with Crippen molar-refractivity contribution < 1.29 is 16.5 Å². The number of pyridine rings is 1. The standard InChI is InChI=1S/C7H8FNO3S/c1-5-3-7(6(2)9-4-5)12-13(8,10)11/h3-4H,1-2H3. The Morgan fingerprint density at radius 1 is 1.46 bits per heavy atom. The first-order chi connectivity index (χ1) is 5.88. The van der Waals surface area contributed by atoms with Gasteiger partial charge in [0.05, 0.1) is 5.69 Å². The molecule has 0 fully saturated rings. The molecule has 13 heavy (non-hydrogen) atoms. The van der Waals surface area contributed by atoms with E-state index in [0.717, 1.165) is 0 Å². The second-order valence-electron chi connectivity index (χ2n) is 2.57. The van der Waals surface area contributed by atoms with Crippen molar-refractivity contribution in [1.82, 2.24) is 4.98 Å². The van der Waals surface area contributed by atoms with Crippen LogP contribution in [0.4, 0.5) is 3.89 Å². The quantitative estimate of drug-likeness (QED) is 0.683. The second-order valence-corrected chi connectivity index (χ2v) is 3.53. The van der Waals surface area contributed by atoms with E-state index in [4.69, 9.17) is 0 Å². The molecule has 0 aromatic carbocycles. The van der Waals surface area contributed by atoms with Gasteiger partial charge in [0.25, 0.3) is 0 Å². The fourth-order valence-electron chi connectivity index (χ4n) is 0.802. The van der Waals surface area contributed by atoms with E-state index in [1.54, 1.807) is 6.92 Å². The van der Waals surface area contributed by atoms with Crippen LogP contribution >= 0.6 is 0 Å². The molecule has 1 aromatic rings. The molecule has 0 bridgehead atoms. The largest absolute Gasteiger partial charge is 0.488 e. The lowest BCUT2D eigenvalue weighted by atomic mass is 10.3. The van der Waals surface area contributed by atoms with Gasteiger partial charge in [-0.3, -0.25) is 4.98 Å². The van der Waals surface area contributed by atoms with Crippen molar-refractivity contribution in [2.75, 3.05) is 0 Å². The van der Waals surface area contributed by atoms with Crippen molar-refractivity contribution in [3.8, 4) is 5.75 Å². The van der Waals surface area contributed by atoms with Gasteiger partial charge in [0.1, 0.15) is 0 Å². The lowest BCUT2D eigenvalue weighted by molar-refractivity contribution is 0.437. The molecule has 0 unspecified atom stereocenters. The maximum Gasteiger partial charge on any atom is 0.488 e. The van der Waals surface area contributed by atoms with Crippen LogP contribution in [-0.4, -0.2) is 13.4 Å². The van der Waals surface area contributed by atoms with Gasteiger partial charge >= 0.3 is 10.5 Å². The van der Waals surface area contributed by atoms with Gasteiger partial charge in [0.2, 0.25) is 0 Å². The summed E-state index contributed by atoms with van der Waals surface area (Å²) in [5.74, 6) is -0.0810. The van der Waals surface area contributed by atoms with Crippen LogP contribution in [0.2, 0.25) is 0 Å². The molecule has 0 atom stereocenters. The van der Waals surface area contributed by atoms with E-state index < -0.39 is 10.5 Å². The Hall–Kier alpha value is -1.17. The summed E-state index contributed by atoms with van der Waals surface area (Å²) in [6.45, 7) is 3.23. The minimum atomic E-state index is -4.96. The summed E-state index contributed by atoms with van der Waals surface area (Å²) in [6, 6.07) is 1.40. The molecule has 0 spiro atoms.